The van der Waals surface area contributed by atoms with E-state index >= 15 is 0 Å². The Morgan fingerprint density at radius 2 is 1.86 bits per heavy atom. The summed E-state index contributed by atoms with van der Waals surface area (Å²) < 4.78 is 9.82. The summed E-state index contributed by atoms with van der Waals surface area (Å²) in [5.74, 6) is -0.624. The molecule has 0 fully saturated rings. The van der Waals surface area contributed by atoms with Crippen molar-refractivity contribution in [1.29, 1.82) is 0 Å². The van der Waals surface area contributed by atoms with Crippen LogP contribution in [0.25, 0.3) is 0 Å². The molecule has 0 saturated carbocycles. The normalized spacial score (nSPS) is 9.91. The Morgan fingerprint density at radius 1 is 1.14 bits per heavy atom. The van der Waals surface area contributed by atoms with Crippen molar-refractivity contribution in [3.63, 3.8) is 0 Å². The van der Waals surface area contributed by atoms with Gasteiger partial charge in [0.05, 0.1) is 12.7 Å². The van der Waals surface area contributed by atoms with Crippen LogP contribution in [0.1, 0.15) is 15.9 Å². The number of rotatable bonds is 5. The Bertz CT molecular complexity index is 651. The number of ether oxygens (including phenoxy) is 2. The molecule has 0 bridgehead atoms. The molecule has 0 unspecified atom stereocenters. The summed E-state index contributed by atoms with van der Waals surface area (Å²) >= 11 is 0. The highest BCUT2D eigenvalue weighted by atomic mass is 16.5. The van der Waals surface area contributed by atoms with Crippen LogP contribution in [0.3, 0.4) is 0 Å². The highest BCUT2D eigenvalue weighted by Gasteiger charge is 2.11. The number of amides is 1. The molecule has 0 spiro atoms. The lowest BCUT2D eigenvalue weighted by Crippen LogP contribution is -2.21. The van der Waals surface area contributed by atoms with Crippen LogP contribution >= 0.6 is 0 Å². The lowest BCUT2D eigenvalue weighted by Gasteiger charge is -2.07. The van der Waals surface area contributed by atoms with Crippen molar-refractivity contribution < 1.29 is 19.1 Å². The van der Waals surface area contributed by atoms with Crippen LogP contribution in [0.15, 0.2) is 42.6 Å². The largest absolute Gasteiger partial charge is 0.481 e. The molecule has 22 heavy (non-hydrogen) atoms. The standard InChI is InChI=1S/C16H16N2O4/c1-11-3-6-13(7-4-11)18-14(19)10-22-16(20)12-5-8-15(21-2)17-9-12/h3-9H,10H2,1-2H3,(H,18,19). The van der Waals surface area contributed by atoms with Crippen molar-refractivity contribution in [2.75, 3.05) is 19.0 Å². The minimum absolute atomic E-state index is 0.254. The number of benzene rings is 1. The first-order chi connectivity index (χ1) is 10.6. The zero-order valence-electron chi connectivity index (χ0n) is 12.3. The van der Waals surface area contributed by atoms with E-state index in [-0.39, 0.29) is 12.2 Å². The molecular formula is C16H16N2O4. The van der Waals surface area contributed by atoms with E-state index in [2.05, 4.69) is 10.3 Å². The van der Waals surface area contributed by atoms with Gasteiger partial charge >= 0.3 is 5.97 Å². The molecule has 0 aliphatic carbocycles. The van der Waals surface area contributed by atoms with Gasteiger partial charge in [-0.2, -0.15) is 0 Å². The number of carbonyl (C=O) groups excluding carboxylic acids is 2. The predicted octanol–water partition coefficient (Wildman–Crippen LogP) is 2.19. The maximum absolute atomic E-state index is 11.8. The summed E-state index contributed by atoms with van der Waals surface area (Å²) in [6.07, 6.45) is 1.33. The molecule has 1 heterocycles. The molecule has 6 heteroatoms. The number of hydrogen-bond acceptors (Lipinski definition) is 5. The zero-order valence-corrected chi connectivity index (χ0v) is 12.3. The number of methoxy groups -OCH3 is 1. The number of nitrogens with one attached hydrogen (secondary N) is 1. The average molecular weight is 300 g/mol. The van der Waals surface area contributed by atoms with Gasteiger partial charge in [-0.15, -0.1) is 0 Å². The predicted molar refractivity (Wildman–Crippen MR) is 80.9 cm³/mol. The van der Waals surface area contributed by atoms with Gasteiger partial charge in [-0.3, -0.25) is 4.79 Å². The Morgan fingerprint density at radius 3 is 2.45 bits per heavy atom. The van der Waals surface area contributed by atoms with Crippen LogP contribution in [0.5, 0.6) is 5.88 Å². The van der Waals surface area contributed by atoms with Crippen molar-refractivity contribution in [2.24, 2.45) is 0 Å². The molecule has 1 amide bonds. The second-order valence-electron chi connectivity index (χ2n) is 4.58. The first-order valence-corrected chi connectivity index (χ1v) is 6.62. The van der Waals surface area contributed by atoms with Crippen LogP contribution < -0.4 is 10.1 Å². The molecule has 0 radical (unpaired) electrons. The Kier molecular flexibility index (Phi) is 5.08. The van der Waals surface area contributed by atoms with Crippen molar-refractivity contribution in [3.8, 4) is 5.88 Å². The molecule has 2 rings (SSSR count). The van der Waals surface area contributed by atoms with Crippen LogP contribution in [0, 0.1) is 6.92 Å². The summed E-state index contributed by atoms with van der Waals surface area (Å²) in [5.41, 5.74) is 2.00. The van der Waals surface area contributed by atoms with E-state index in [1.165, 1.54) is 19.4 Å². The van der Waals surface area contributed by atoms with Crippen molar-refractivity contribution in [1.82, 2.24) is 4.98 Å². The number of aromatic nitrogens is 1. The Hall–Kier alpha value is -2.89. The summed E-state index contributed by atoms with van der Waals surface area (Å²) in [5, 5.41) is 2.64. The number of esters is 1. The van der Waals surface area contributed by atoms with Crippen molar-refractivity contribution in [3.05, 3.63) is 53.7 Å². The van der Waals surface area contributed by atoms with Gasteiger partial charge in [-0.25, -0.2) is 9.78 Å². The van der Waals surface area contributed by atoms with Gasteiger partial charge in [0, 0.05) is 18.0 Å². The fourth-order valence-corrected chi connectivity index (χ4v) is 1.67. The molecule has 1 aromatic carbocycles. The minimum Gasteiger partial charge on any atom is -0.481 e. The van der Waals surface area contributed by atoms with E-state index in [4.69, 9.17) is 9.47 Å². The first kappa shape index (κ1) is 15.5. The maximum Gasteiger partial charge on any atom is 0.340 e. The van der Waals surface area contributed by atoms with Crippen molar-refractivity contribution >= 4 is 17.6 Å². The molecule has 6 nitrogen and oxygen atoms in total. The quantitative estimate of drug-likeness (QED) is 0.856. The van der Waals surface area contributed by atoms with Gasteiger partial charge in [0.15, 0.2) is 6.61 Å². The molecule has 114 valence electrons. The van der Waals surface area contributed by atoms with Crippen LogP contribution in [0.2, 0.25) is 0 Å². The summed E-state index contributed by atoms with van der Waals surface area (Å²) in [7, 11) is 1.48. The average Bonchev–Trinajstić information content (AvgIpc) is 2.55. The van der Waals surface area contributed by atoms with Gasteiger partial charge in [0.2, 0.25) is 5.88 Å². The summed E-state index contributed by atoms with van der Waals surface area (Å²) in [6.45, 7) is 1.59. The second-order valence-corrected chi connectivity index (χ2v) is 4.58. The molecule has 0 saturated heterocycles. The molecule has 1 N–H and O–H groups in total. The zero-order chi connectivity index (χ0) is 15.9. The van der Waals surface area contributed by atoms with Crippen molar-refractivity contribution in [2.45, 2.75) is 6.92 Å². The lowest BCUT2D eigenvalue weighted by atomic mass is 10.2. The lowest BCUT2D eigenvalue weighted by molar-refractivity contribution is -0.119. The summed E-state index contributed by atoms with van der Waals surface area (Å²) in [6, 6.07) is 10.4. The Labute approximate surface area is 128 Å². The Balaban J connectivity index is 1.84. The topological polar surface area (TPSA) is 77.5 Å². The van der Waals surface area contributed by atoms with E-state index in [0.717, 1.165) is 5.56 Å². The van der Waals surface area contributed by atoms with E-state index < -0.39 is 11.9 Å². The summed E-state index contributed by atoms with van der Waals surface area (Å²) in [4.78, 5) is 27.4. The van der Waals surface area contributed by atoms with Gasteiger partial charge in [0.1, 0.15) is 0 Å². The monoisotopic (exact) mass is 300 g/mol. The van der Waals surface area contributed by atoms with Gasteiger partial charge in [-0.1, -0.05) is 17.7 Å². The smallest absolute Gasteiger partial charge is 0.340 e. The van der Waals surface area contributed by atoms with Crippen LogP contribution in [-0.2, 0) is 9.53 Å². The van der Waals surface area contributed by atoms with E-state index in [1.807, 2.05) is 19.1 Å². The number of carbonyl (C=O) groups is 2. The second kappa shape index (κ2) is 7.21. The van der Waals surface area contributed by atoms with E-state index in [0.29, 0.717) is 11.6 Å². The highest BCUT2D eigenvalue weighted by Crippen LogP contribution is 2.09. The molecule has 0 aliphatic rings. The SMILES string of the molecule is COc1ccc(C(=O)OCC(=O)Nc2ccc(C)cc2)cn1. The van der Waals surface area contributed by atoms with Crippen LogP contribution in [-0.4, -0.2) is 30.6 Å². The van der Waals surface area contributed by atoms with Gasteiger partial charge in [-0.05, 0) is 25.1 Å². The third-order valence-electron chi connectivity index (χ3n) is 2.85. The van der Waals surface area contributed by atoms with Crippen LogP contribution in [0.4, 0.5) is 5.69 Å². The van der Waals surface area contributed by atoms with E-state index in [1.54, 1.807) is 18.2 Å². The number of pyridine rings is 1. The number of anilines is 1. The number of aryl methyl sites for hydroxylation is 1. The number of nitrogens with zero attached hydrogens (tertiary/aromatic N) is 1. The van der Waals surface area contributed by atoms with Gasteiger partial charge < -0.3 is 14.8 Å². The maximum atomic E-state index is 11.8. The third kappa shape index (κ3) is 4.31. The fraction of sp³-hybridized carbons (Fsp3) is 0.188. The molecule has 0 atom stereocenters. The molecule has 1 aromatic heterocycles. The molecule has 2 aromatic rings. The molecule has 0 aliphatic heterocycles. The molecular weight excluding hydrogens is 284 g/mol. The number of hydrogen-bond donors (Lipinski definition) is 1. The first-order valence-electron chi connectivity index (χ1n) is 6.62. The fourth-order valence-electron chi connectivity index (χ4n) is 1.67. The minimum atomic E-state index is -0.616. The van der Waals surface area contributed by atoms with Gasteiger partial charge in [0.25, 0.3) is 5.91 Å². The highest BCUT2D eigenvalue weighted by molar-refractivity contribution is 5.95. The van der Waals surface area contributed by atoms with E-state index in [9.17, 15) is 9.59 Å². The third-order valence-corrected chi connectivity index (χ3v) is 2.85.